The van der Waals surface area contributed by atoms with E-state index >= 15 is 0 Å². The Balaban J connectivity index is 1.67. The highest BCUT2D eigenvalue weighted by Gasteiger charge is 2.31. The maximum Gasteiger partial charge on any atom is 0.249 e. The molecular weight excluding hydrogens is 248 g/mol. The van der Waals surface area contributed by atoms with Crippen LogP contribution in [-0.2, 0) is 14.4 Å². The van der Waals surface area contributed by atoms with Crippen molar-refractivity contribution in [3.05, 3.63) is 0 Å². The fraction of sp³-hybridized carbons (Fsp3) is 0.750. The minimum atomic E-state index is -0.688. The molecule has 0 spiro atoms. The molecule has 0 aromatic heterocycles. The van der Waals surface area contributed by atoms with Crippen LogP contribution < -0.4 is 10.6 Å². The average Bonchev–Trinajstić information content (AvgIpc) is 2.67. The predicted molar refractivity (Wildman–Crippen MR) is 68.3 cm³/mol. The maximum atomic E-state index is 11.7. The van der Waals surface area contributed by atoms with Crippen molar-refractivity contribution >= 4 is 17.7 Å². The molecule has 2 N–H and O–H groups in total. The van der Waals surface area contributed by atoms with Gasteiger partial charge >= 0.3 is 0 Å². The molecule has 0 radical (unpaired) electrons. The molecule has 7 nitrogen and oxygen atoms in total. The van der Waals surface area contributed by atoms with Crippen LogP contribution in [0.3, 0.4) is 0 Å². The van der Waals surface area contributed by atoms with Crippen LogP contribution in [0, 0.1) is 0 Å². The third-order valence-corrected chi connectivity index (χ3v) is 3.55. The molecular formula is C12H20N4O3. The highest BCUT2D eigenvalue weighted by Crippen LogP contribution is 2.03. The summed E-state index contributed by atoms with van der Waals surface area (Å²) in [4.78, 5) is 38.5. The SMILES string of the molecule is CN1CCN(CCC(=O)NC2CC(=O)NC2=O)CC1. The van der Waals surface area contributed by atoms with Gasteiger partial charge in [-0.2, -0.15) is 0 Å². The predicted octanol–water partition coefficient (Wildman–Crippen LogP) is -1.84. The van der Waals surface area contributed by atoms with E-state index in [-0.39, 0.29) is 18.2 Å². The number of piperazine rings is 1. The fourth-order valence-corrected chi connectivity index (χ4v) is 2.27. The van der Waals surface area contributed by atoms with Crippen molar-refractivity contribution in [3.8, 4) is 0 Å². The normalized spacial score (nSPS) is 25.4. The molecule has 3 amide bonds. The Morgan fingerprint density at radius 3 is 2.58 bits per heavy atom. The zero-order valence-corrected chi connectivity index (χ0v) is 11.1. The number of rotatable bonds is 4. The number of likely N-dealkylation sites (N-methyl/N-ethyl adjacent to an activating group) is 1. The van der Waals surface area contributed by atoms with Gasteiger partial charge in [-0.25, -0.2) is 0 Å². The van der Waals surface area contributed by atoms with Crippen LogP contribution in [0.2, 0.25) is 0 Å². The highest BCUT2D eigenvalue weighted by atomic mass is 16.2. The van der Waals surface area contributed by atoms with E-state index in [1.54, 1.807) is 0 Å². The molecule has 0 saturated carbocycles. The van der Waals surface area contributed by atoms with Crippen LogP contribution >= 0.6 is 0 Å². The molecule has 0 bridgehead atoms. The molecule has 0 aromatic rings. The van der Waals surface area contributed by atoms with Crippen LogP contribution in [-0.4, -0.2) is 73.3 Å². The van der Waals surface area contributed by atoms with Crippen LogP contribution in [0.1, 0.15) is 12.8 Å². The Bertz CT molecular complexity index is 377. The van der Waals surface area contributed by atoms with Gasteiger partial charge in [0.25, 0.3) is 0 Å². The Hall–Kier alpha value is -1.47. The number of hydrogen-bond donors (Lipinski definition) is 2. The van der Waals surface area contributed by atoms with E-state index in [0.29, 0.717) is 13.0 Å². The number of amides is 3. The number of nitrogens with one attached hydrogen (secondary N) is 2. The maximum absolute atomic E-state index is 11.7. The van der Waals surface area contributed by atoms with Crippen molar-refractivity contribution in [2.45, 2.75) is 18.9 Å². The first-order chi connectivity index (χ1) is 9.04. The molecule has 1 atom stereocenters. The van der Waals surface area contributed by atoms with Crippen LogP contribution in [0.25, 0.3) is 0 Å². The molecule has 2 fully saturated rings. The lowest BCUT2D eigenvalue weighted by Gasteiger charge is -2.32. The second-order valence-corrected chi connectivity index (χ2v) is 5.13. The van der Waals surface area contributed by atoms with Gasteiger partial charge < -0.3 is 15.1 Å². The quantitative estimate of drug-likeness (QED) is 0.585. The molecule has 0 aromatic carbocycles. The number of nitrogens with zero attached hydrogens (tertiary/aromatic N) is 2. The Morgan fingerprint density at radius 1 is 1.32 bits per heavy atom. The first-order valence-corrected chi connectivity index (χ1v) is 6.58. The summed E-state index contributed by atoms with van der Waals surface area (Å²) in [6.07, 6.45) is 0.417. The monoisotopic (exact) mass is 268 g/mol. The number of hydrogen-bond acceptors (Lipinski definition) is 5. The molecule has 106 valence electrons. The van der Waals surface area contributed by atoms with Gasteiger partial charge in [0.15, 0.2) is 0 Å². The van der Waals surface area contributed by atoms with Crippen molar-refractivity contribution in [2.24, 2.45) is 0 Å². The molecule has 2 heterocycles. The third-order valence-electron chi connectivity index (χ3n) is 3.55. The second kappa shape index (κ2) is 6.12. The van der Waals surface area contributed by atoms with E-state index in [1.807, 2.05) is 0 Å². The van der Waals surface area contributed by atoms with E-state index in [1.165, 1.54) is 0 Å². The Morgan fingerprint density at radius 2 is 2.00 bits per heavy atom. The number of carbonyl (C=O) groups excluding carboxylic acids is 3. The van der Waals surface area contributed by atoms with Gasteiger partial charge in [-0.3, -0.25) is 19.7 Å². The number of carbonyl (C=O) groups is 3. The summed E-state index contributed by atoms with van der Waals surface area (Å²) >= 11 is 0. The lowest BCUT2D eigenvalue weighted by molar-refractivity contribution is -0.128. The molecule has 2 aliphatic heterocycles. The van der Waals surface area contributed by atoms with Gasteiger partial charge in [-0.15, -0.1) is 0 Å². The standard InChI is InChI=1S/C12H20N4O3/c1-15-4-6-16(7-5-15)3-2-10(17)13-9-8-11(18)14-12(9)19/h9H,2-8H2,1H3,(H,13,17)(H,14,18,19). The fourth-order valence-electron chi connectivity index (χ4n) is 2.27. The first-order valence-electron chi connectivity index (χ1n) is 6.58. The van der Waals surface area contributed by atoms with Gasteiger partial charge in [0.1, 0.15) is 6.04 Å². The van der Waals surface area contributed by atoms with Gasteiger partial charge in [0.05, 0.1) is 6.42 Å². The molecule has 0 aliphatic carbocycles. The summed E-state index contributed by atoms with van der Waals surface area (Å²) in [5.74, 6) is -0.902. The van der Waals surface area contributed by atoms with Crippen molar-refractivity contribution in [1.29, 1.82) is 0 Å². The van der Waals surface area contributed by atoms with Gasteiger partial charge in [-0.05, 0) is 7.05 Å². The summed E-state index contributed by atoms with van der Waals surface area (Å²) < 4.78 is 0. The second-order valence-electron chi connectivity index (χ2n) is 5.13. The topological polar surface area (TPSA) is 81.8 Å². The van der Waals surface area contributed by atoms with Crippen LogP contribution in [0.4, 0.5) is 0 Å². The van der Waals surface area contributed by atoms with Gasteiger partial charge in [0, 0.05) is 39.1 Å². The van der Waals surface area contributed by atoms with Crippen LogP contribution in [0.15, 0.2) is 0 Å². The van der Waals surface area contributed by atoms with Gasteiger partial charge in [-0.1, -0.05) is 0 Å². The largest absolute Gasteiger partial charge is 0.344 e. The summed E-state index contributed by atoms with van der Waals surface area (Å²) in [7, 11) is 2.08. The minimum Gasteiger partial charge on any atom is -0.344 e. The van der Waals surface area contributed by atoms with E-state index < -0.39 is 11.9 Å². The molecule has 2 rings (SSSR count). The minimum absolute atomic E-state index is 0.0546. The molecule has 7 heteroatoms. The summed E-state index contributed by atoms with van der Waals surface area (Å²) in [5.41, 5.74) is 0. The molecule has 1 unspecified atom stereocenters. The third kappa shape index (κ3) is 4.00. The smallest absolute Gasteiger partial charge is 0.249 e. The Labute approximate surface area is 112 Å². The van der Waals surface area contributed by atoms with E-state index in [0.717, 1.165) is 26.2 Å². The van der Waals surface area contributed by atoms with Gasteiger partial charge in [0.2, 0.25) is 17.7 Å². The molecule has 19 heavy (non-hydrogen) atoms. The Kier molecular flexibility index (Phi) is 4.49. The van der Waals surface area contributed by atoms with Crippen molar-refractivity contribution in [3.63, 3.8) is 0 Å². The van der Waals surface area contributed by atoms with Crippen molar-refractivity contribution in [2.75, 3.05) is 39.8 Å². The zero-order chi connectivity index (χ0) is 13.8. The number of imide groups is 1. The average molecular weight is 268 g/mol. The van der Waals surface area contributed by atoms with E-state index in [4.69, 9.17) is 0 Å². The zero-order valence-electron chi connectivity index (χ0n) is 11.1. The van der Waals surface area contributed by atoms with Crippen molar-refractivity contribution in [1.82, 2.24) is 20.4 Å². The highest BCUT2D eigenvalue weighted by molar-refractivity contribution is 6.06. The summed E-state index contributed by atoms with van der Waals surface area (Å²) in [5, 5.41) is 4.77. The lowest BCUT2D eigenvalue weighted by atomic mass is 10.2. The van der Waals surface area contributed by atoms with E-state index in [9.17, 15) is 14.4 Å². The van der Waals surface area contributed by atoms with Crippen molar-refractivity contribution < 1.29 is 14.4 Å². The lowest BCUT2D eigenvalue weighted by Crippen LogP contribution is -2.46. The summed E-state index contributed by atoms with van der Waals surface area (Å²) in [6, 6.07) is -0.688. The molecule has 2 aliphatic rings. The summed E-state index contributed by atoms with van der Waals surface area (Å²) in [6.45, 7) is 4.66. The van der Waals surface area contributed by atoms with Crippen LogP contribution in [0.5, 0.6) is 0 Å². The van der Waals surface area contributed by atoms with E-state index in [2.05, 4.69) is 27.5 Å². The molecule has 2 saturated heterocycles. The first kappa shape index (κ1) is 14.0.